The molecule has 1 saturated heterocycles. The van der Waals surface area contributed by atoms with E-state index in [2.05, 4.69) is 25.5 Å². The van der Waals surface area contributed by atoms with E-state index in [0.29, 0.717) is 6.54 Å². The molecule has 1 aliphatic heterocycles. The second-order valence-electron chi connectivity index (χ2n) is 6.44. The Morgan fingerprint density at radius 3 is 3.00 bits per heavy atom. The van der Waals surface area contributed by atoms with Crippen molar-refractivity contribution in [3.63, 3.8) is 0 Å². The van der Waals surface area contributed by atoms with Gasteiger partial charge in [-0.25, -0.2) is 9.78 Å². The number of nitrogens with one attached hydrogen (secondary N) is 3. The van der Waals surface area contributed by atoms with Crippen molar-refractivity contribution in [2.24, 2.45) is 0 Å². The number of carbonyl (C=O) groups is 1. The summed E-state index contributed by atoms with van der Waals surface area (Å²) in [5, 5.41) is 6.62. The number of halogens is 1. The number of nitrogens with zero attached hydrogens (tertiary/aromatic N) is 2. The summed E-state index contributed by atoms with van der Waals surface area (Å²) in [6.07, 6.45) is 0.907. The molecule has 1 aromatic heterocycles. The van der Waals surface area contributed by atoms with E-state index in [1.165, 1.54) is 0 Å². The van der Waals surface area contributed by atoms with E-state index in [-0.39, 0.29) is 12.1 Å². The van der Waals surface area contributed by atoms with Crippen molar-refractivity contribution in [2.45, 2.75) is 19.0 Å². The van der Waals surface area contributed by atoms with Crippen LogP contribution < -0.4 is 15.5 Å². The van der Waals surface area contributed by atoms with E-state index in [0.717, 1.165) is 47.1 Å². The molecule has 134 valence electrons. The number of fused-ring (bicyclic) bond motifs is 1. The molecule has 2 heterocycles. The van der Waals surface area contributed by atoms with Gasteiger partial charge < -0.3 is 20.5 Å². The van der Waals surface area contributed by atoms with Crippen LogP contribution in [0.5, 0.6) is 0 Å². The van der Waals surface area contributed by atoms with E-state index in [4.69, 9.17) is 11.6 Å². The average molecular weight is 370 g/mol. The number of H-pyrrole nitrogens is 1. The molecule has 3 aromatic rings. The Morgan fingerprint density at radius 1 is 1.27 bits per heavy atom. The van der Waals surface area contributed by atoms with E-state index in [1.54, 1.807) is 0 Å². The molecule has 3 N–H and O–H groups in total. The summed E-state index contributed by atoms with van der Waals surface area (Å²) in [5.74, 6) is 0.744. The number of rotatable bonds is 4. The molecule has 0 unspecified atom stereocenters. The van der Waals surface area contributed by atoms with Crippen molar-refractivity contribution in [1.82, 2.24) is 20.6 Å². The van der Waals surface area contributed by atoms with Gasteiger partial charge in [-0.3, -0.25) is 0 Å². The molecule has 6 nitrogen and oxygen atoms in total. The fraction of sp³-hybridized carbons (Fsp3) is 0.263. The van der Waals surface area contributed by atoms with Gasteiger partial charge in [0.1, 0.15) is 5.82 Å². The molecule has 0 bridgehead atoms. The summed E-state index contributed by atoms with van der Waals surface area (Å²) in [6, 6.07) is 15.5. The number of carbonyl (C=O) groups excluding carboxylic acids is 1. The highest BCUT2D eigenvalue weighted by Gasteiger charge is 2.24. The number of imidazole rings is 1. The lowest BCUT2D eigenvalue weighted by atomic mass is 10.3. The molecular formula is C19H20ClN5O. The topological polar surface area (TPSA) is 73.0 Å². The number of anilines is 1. The van der Waals surface area contributed by atoms with Gasteiger partial charge in [0.05, 0.1) is 17.6 Å². The Kier molecular flexibility index (Phi) is 4.67. The van der Waals surface area contributed by atoms with E-state index in [9.17, 15) is 4.79 Å². The molecule has 2 aromatic carbocycles. The molecule has 1 aliphatic rings. The van der Waals surface area contributed by atoms with Crippen LogP contribution in [0, 0.1) is 0 Å². The van der Waals surface area contributed by atoms with Crippen LogP contribution >= 0.6 is 11.6 Å². The van der Waals surface area contributed by atoms with Crippen molar-refractivity contribution in [1.29, 1.82) is 0 Å². The number of aromatic nitrogens is 2. The van der Waals surface area contributed by atoms with Gasteiger partial charge in [0.2, 0.25) is 0 Å². The van der Waals surface area contributed by atoms with Crippen molar-refractivity contribution in [2.75, 3.05) is 18.0 Å². The van der Waals surface area contributed by atoms with E-state index >= 15 is 0 Å². The van der Waals surface area contributed by atoms with E-state index < -0.39 is 0 Å². The maximum Gasteiger partial charge on any atom is 0.315 e. The van der Waals surface area contributed by atoms with E-state index in [1.807, 2.05) is 48.5 Å². The van der Waals surface area contributed by atoms with Crippen LogP contribution in [-0.4, -0.2) is 35.1 Å². The zero-order valence-electron chi connectivity index (χ0n) is 14.2. The molecule has 4 rings (SSSR count). The number of amides is 2. The van der Waals surface area contributed by atoms with Crippen molar-refractivity contribution in [3.8, 4) is 0 Å². The third kappa shape index (κ3) is 3.75. The lowest BCUT2D eigenvalue weighted by Gasteiger charge is -2.19. The molecule has 0 radical (unpaired) electrons. The van der Waals surface area contributed by atoms with Gasteiger partial charge in [-0.15, -0.1) is 0 Å². The second-order valence-corrected chi connectivity index (χ2v) is 6.88. The van der Waals surface area contributed by atoms with Crippen LogP contribution in [0.4, 0.5) is 10.5 Å². The zero-order valence-corrected chi connectivity index (χ0v) is 15.0. The maximum absolute atomic E-state index is 12.2. The standard InChI is InChI=1S/C19H20ClN5O/c20-13-4-3-5-15(10-13)25-9-8-14(12-25)22-19(26)21-11-18-23-16-6-1-2-7-17(16)24-18/h1-7,10,14H,8-9,11-12H2,(H,23,24)(H2,21,22,26)/t14-/m0/s1. The minimum absolute atomic E-state index is 0.115. The third-order valence-corrected chi connectivity index (χ3v) is 4.79. The molecule has 2 amide bonds. The first kappa shape index (κ1) is 16.7. The summed E-state index contributed by atoms with van der Waals surface area (Å²) in [4.78, 5) is 22.1. The molecule has 0 aliphatic carbocycles. The zero-order chi connectivity index (χ0) is 17.9. The van der Waals surface area contributed by atoms with Crippen LogP contribution in [0.3, 0.4) is 0 Å². The molecule has 0 spiro atoms. The van der Waals surface area contributed by atoms with Gasteiger partial charge in [0.25, 0.3) is 0 Å². The Morgan fingerprint density at radius 2 is 2.15 bits per heavy atom. The van der Waals surface area contributed by atoms with Crippen LogP contribution in [0.25, 0.3) is 11.0 Å². The normalized spacial score (nSPS) is 16.8. The first-order valence-electron chi connectivity index (χ1n) is 8.66. The highest BCUT2D eigenvalue weighted by Crippen LogP contribution is 2.23. The molecule has 7 heteroatoms. The Balaban J connectivity index is 1.28. The monoisotopic (exact) mass is 369 g/mol. The lowest BCUT2D eigenvalue weighted by Crippen LogP contribution is -2.43. The summed E-state index contributed by atoms with van der Waals surface area (Å²) >= 11 is 6.06. The number of hydrogen-bond donors (Lipinski definition) is 3. The number of hydrogen-bond acceptors (Lipinski definition) is 3. The minimum Gasteiger partial charge on any atom is -0.369 e. The lowest BCUT2D eigenvalue weighted by molar-refractivity contribution is 0.237. The predicted molar refractivity (Wildman–Crippen MR) is 104 cm³/mol. The summed E-state index contributed by atoms with van der Waals surface area (Å²) in [6.45, 7) is 2.04. The number of benzene rings is 2. The van der Waals surface area contributed by atoms with Gasteiger partial charge in [-0.2, -0.15) is 0 Å². The van der Waals surface area contributed by atoms with Gasteiger partial charge >= 0.3 is 6.03 Å². The molecular weight excluding hydrogens is 350 g/mol. The molecule has 1 atom stereocenters. The smallest absolute Gasteiger partial charge is 0.315 e. The molecule has 26 heavy (non-hydrogen) atoms. The fourth-order valence-electron chi connectivity index (χ4n) is 3.28. The second kappa shape index (κ2) is 7.25. The van der Waals surface area contributed by atoms with Gasteiger partial charge in [-0.05, 0) is 36.8 Å². The maximum atomic E-state index is 12.2. The van der Waals surface area contributed by atoms with Crippen molar-refractivity contribution < 1.29 is 4.79 Å². The Bertz CT molecular complexity index is 892. The largest absolute Gasteiger partial charge is 0.369 e. The highest BCUT2D eigenvalue weighted by atomic mass is 35.5. The number of urea groups is 1. The number of para-hydroxylation sites is 2. The molecule has 1 fully saturated rings. The highest BCUT2D eigenvalue weighted by molar-refractivity contribution is 6.30. The predicted octanol–water partition coefficient (Wildman–Crippen LogP) is 3.29. The van der Waals surface area contributed by atoms with Gasteiger partial charge in [0, 0.05) is 29.8 Å². The average Bonchev–Trinajstić information content (AvgIpc) is 3.26. The summed E-state index contributed by atoms with van der Waals surface area (Å²) < 4.78 is 0. The Hall–Kier alpha value is -2.73. The van der Waals surface area contributed by atoms with Crippen LogP contribution in [-0.2, 0) is 6.54 Å². The summed E-state index contributed by atoms with van der Waals surface area (Å²) in [7, 11) is 0. The molecule has 0 saturated carbocycles. The van der Waals surface area contributed by atoms with Crippen molar-refractivity contribution in [3.05, 3.63) is 59.4 Å². The Labute approximate surface area is 156 Å². The van der Waals surface area contributed by atoms with Crippen LogP contribution in [0.2, 0.25) is 5.02 Å². The first-order chi connectivity index (χ1) is 12.7. The fourth-order valence-corrected chi connectivity index (χ4v) is 3.46. The van der Waals surface area contributed by atoms with Crippen LogP contribution in [0.1, 0.15) is 12.2 Å². The number of aromatic amines is 1. The first-order valence-corrected chi connectivity index (χ1v) is 9.04. The van der Waals surface area contributed by atoms with Gasteiger partial charge in [-0.1, -0.05) is 29.8 Å². The van der Waals surface area contributed by atoms with Crippen LogP contribution in [0.15, 0.2) is 48.5 Å². The van der Waals surface area contributed by atoms with Gasteiger partial charge in [0.15, 0.2) is 0 Å². The SMILES string of the molecule is O=C(NCc1nc2ccccc2[nH]1)N[C@H]1CCN(c2cccc(Cl)c2)C1. The third-order valence-electron chi connectivity index (χ3n) is 4.55. The minimum atomic E-state index is -0.177. The summed E-state index contributed by atoms with van der Waals surface area (Å²) in [5.41, 5.74) is 2.96. The quantitative estimate of drug-likeness (QED) is 0.660. The van der Waals surface area contributed by atoms with Crippen molar-refractivity contribution >= 4 is 34.4 Å².